The summed E-state index contributed by atoms with van der Waals surface area (Å²) in [5.41, 5.74) is 4.36. The topological polar surface area (TPSA) is 59.1 Å². The lowest BCUT2D eigenvalue weighted by Gasteiger charge is -2.45. The van der Waals surface area contributed by atoms with Gasteiger partial charge in [-0.25, -0.2) is 0 Å². The Labute approximate surface area is 205 Å². The highest BCUT2D eigenvalue weighted by Crippen LogP contribution is 2.45. The Morgan fingerprint density at radius 2 is 1.88 bits per heavy atom. The maximum atomic E-state index is 13.0. The van der Waals surface area contributed by atoms with Gasteiger partial charge in [-0.1, -0.05) is 24.6 Å². The van der Waals surface area contributed by atoms with Crippen LogP contribution in [0.4, 0.5) is 10.5 Å². The van der Waals surface area contributed by atoms with Crippen LogP contribution in [0.3, 0.4) is 0 Å². The molecule has 1 unspecified atom stereocenters. The number of rotatable bonds is 6. The van der Waals surface area contributed by atoms with Crippen LogP contribution in [0.1, 0.15) is 49.8 Å². The van der Waals surface area contributed by atoms with Crippen LogP contribution in [0.2, 0.25) is 0 Å². The first-order valence-electron chi connectivity index (χ1n) is 11.5. The Kier molecular flexibility index (Phi) is 6.67. The van der Waals surface area contributed by atoms with Gasteiger partial charge in [0.05, 0.1) is 18.6 Å². The van der Waals surface area contributed by atoms with E-state index >= 15 is 0 Å². The highest BCUT2D eigenvalue weighted by Gasteiger charge is 2.37. The third-order valence-corrected chi connectivity index (χ3v) is 7.66. The van der Waals surface area contributed by atoms with Gasteiger partial charge >= 0.3 is 0 Å². The van der Waals surface area contributed by atoms with Crippen molar-refractivity contribution < 1.29 is 19.1 Å². The van der Waals surface area contributed by atoms with Crippen molar-refractivity contribution in [2.24, 2.45) is 0 Å². The van der Waals surface area contributed by atoms with E-state index in [0.29, 0.717) is 22.3 Å². The number of ether oxygens (including phenoxy) is 2. The molecule has 0 aromatic heterocycles. The first-order chi connectivity index (χ1) is 16.1. The quantitative estimate of drug-likeness (QED) is 0.484. The number of carbonyl (C=O) groups excluding carboxylic acids is 2. The summed E-state index contributed by atoms with van der Waals surface area (Å²) in [5.74, 6) is 1.47. The van der Waals surface area contributed by atoms with Gasteiger partial charge in [-0.3, -0.25) is 14.5 Å². The molecule has 1 saturated heterocycles. The van der Waals surface area contributed by atoms with Crippen molar-refractivity contribution in [3.05, 3.63) is 58.0 Å². The molecule has 2 amide bonds. The van der Waals surface area contributed by atoms with Crippen molar-refractivity contribution in [1.29, 1.82) is 0 Å². The van der Waals surface area contributed by atoms with Crippen LogP contribution < -0.4 is 14.4 Å². The van der Waals surface area contributed by atoms with Gasteiger partial charge in [0.2, 0.25) is 0 Å². The van der Waals surface area contributed by atoms with E-state index in [0.717, 1.165) is 35.0 Å². The minimum atomic E-state index is -0.298. The molecule has 34 heavy (non-hydrogen) atoms. The zero-order valence-corrected chi connectivity index (χ0v) is 21.5. The Bertz CT molecular complexity index is 1140. The molecule has 180 valence electrons. The predicted octanol–water partition coefficient (Wildman–Crippen LogP) is 5.84. The molecule has 1 fully saturated rings. The number of hydrogen-bond donors (Lipinski definition) is 0. The number of anilines is 1. The first-order valence-corrected chi connectivity index (χ1v) is 12.3. The minimum Gasteiger partial charge on any atom is -0.496 e. The van der Waals surface area contributed by atoms with Crippen molar-refractivity contribution in [3.63, 3.8) is 0 Å². The molecule has 1 atom stereocenters. The summed E-state index contributed by atoms with van der Waals surface area (Å²) in [6, 6.07) is 11.8. The fourth-order valence-corrected chi connectivity index (χ4v) is 5.48. The van der Waals surface area contributed by atoms with Crippen LogP contribution in [0.25, 0.3) is 6.08 Å². The van der Waals surface area contributed by atoms with Gasteiger partial charge in [0.1, 0.15) is 18.1 Å². The fourth-order valence-electron chi connectivity index (χ4n) is 4.62. The van der Waals surface area contributed by atoms with E-state index < -0.39 is 0 Å². The number of fused-ring (bicyclic) bond motifs is 1. The second-order valence-corrected chi connectivity index (χ2v) is 10.6. The number of nitrogens with zero attached hydrogens (tertiary/aromatic N) is 2. The van der Waals surface area contributed by atoms with Gasteiger partial charge < -0.3 is 14.4 Å². The first kappa shape index (κ1) is 24.2. The maximum Gasteiger partial charge on any atom is 0.293 e. The van der Waals surface area contributed by atoms with Gasteiger partial charge in [0.15, 0.2) is 0 Å². The molecule has 0 spiro atoms. The number of benzene rings is 2. The molecule has 2 aliphatic rings. The van der Waals surface area contributed by atoms with E-state index in [1.54, 1.807) is 13.2 Å². The molecular weight excluding hydrogens is 448 g/mol. The summed E-state index contributed by atoms with van der Waals surface area (Å²) in [6.07, 6.45) is 2.80. The summed E-state index contributed by atoms with van der Waals surface area (Å²) in [7, 11) is 3.73. The van der Waals surface area contributed by atoms with E-state index in [1.807, 2.05) is 37.3 Å². The lowest BCUT2D eigenvalue weighted by atomic mass is 9.80. The van der Waals surface area contributed by atoms with Crippen molar-refractivity contribution in [2.45, 2.75) is 45.6 Å². The summed E-state index contributed by atoms with van der Waals surface area (Å²) in [5, 5.41) is -0.282. The number of aryl methyl sites for hydroxylation is 1. The number of thioether (sulfide) groups is 1. The standard InChI is InChI=1S/C27H32N2O4S/c1-17-7-9-20(10-8-17)33-12-11-29-25(30)24(34-26(29)31)14-19-13-21-18(2)16-27(3,4)28(5)22(21)15-23(19)32-6/h7-10,13-15,18H,11-12,16H2,1-6H3/b24-14+. The summed E-state index contributed by atoms with van der Waals surface area (Å²) in [6.45, 7) is 9.17. The van der Waals surface area contributed by atoms with Crippen LogP contribution in [0.5, 0.6) is 11.5 Å². The SMILES string of the molecule is COc1cc2c(cc1/C=C1/SC(=O)N(CCOc3ccc(C)cc3)C1=O)C(C)CC(C)(C)N2C. The van der Waals surface area contributed by atoms with Gasteiger partial charge in [-0.05, 0) is 74.7 Å². The van der Waals surface area contributed by atoms with E-state index in [1.165, 1.54) is 10.5 Å². The van der Waals surface area contributed by atoms with Gasteiger partial charge in [0.25, 0.3) is 11.1 Å². The smallest absolute Gasteiger partial charge is 0.293 e. The van der Waals surface area contributed by atoms with E-state index in [9.17, 15) is 9.59 Å². The maximum absolute atomic E-state index is 13.0. The van der Waals surface area contributed by atoms with E-state index in [-0.39, 0.29) is 29.8 Å². The van der Waals surface area contributed by atoms with E-state index in [4.69, 9.17) is 9.47 Å². The summed E-state index contributed by atoms with van der Waals surface area (Å²) < 4.78 is 11.4. The number of carbonyl (C=O) groups is 2. The van der Waals surface area contributed by atoms with Crippen molar-refractivity contribution >= 4 is 34.7 Å². The third-order valence-electron chi connectivity index (χ3n) is 6.75. The molecule has 6 nitrogen and oxygen atoms in total. The van der Waals surface area contributed by atoms with Gasteiger partial charge in [-0.15, -0.1) is 0 Å². The Hall–Kier alpha value is -2.93. The van der Waals surface area contributed by atoms with E-state index in [2.05, 4.69) is 38.8 Å². The van der Waals surface area contributed by atoms with Crippen LogP contribution >= 0.6 is 11.8 Å². The highest BCUT2D eigenvalue weighted by atomic mass is 32.2. The number of hydrogen-bond acceptors (Lipinski definition) is 6. The Morgan fingerprint density at radius 3 is 2.56 bits per heavy atom. The fraction of sp³-hybridized carbons (Fsp3) is 0.407. The number of imide groups is 1. The van der Waals surface area contributed by atoms with Crippen LogP contribution in [-0.2, 0) is 4.79 Å². The lowest BCUT2D eigenvalue weighted by molar-refractivity contribution is -0.123. The van der Waals surface area contributed by atoms with Gasteiger partial charge in [-0.2, -0.15) is 0 Å². The molecule has 7 heteroatoms. The zero-order chi connectivity index (χ0) is 24.6. The second-order valence-electron chi connectivity index (χ2n) is 9.62. The van der Waals surface area contributed by atoms with Gasteiger partial charge in [0, 0.05) is 29.9 Å². The molecule has 2 aliphatic heterocycles. The summed E-state index contributed by atoms with van der Waals surface area (Å²) >= 11 is 0.960. The van der Waals surface area contributed by atoms with Crippen LogP contribution in [0, 0.1) is 6.92 Å². The number of methoxy groups -OCH3 is 1. The molecule has 0 bridgehead atoms. The average molecular weight is 481 g/mol. The van der Waals surface area contributed by atoms with Crippen LogP contribution in [0.15, 0.2) is 41.3 Å². The molecule has 0 aliphatic carbocycles. The highest BCUT2D eigenvalue weighted by molar-refractivity contribution is 8.18. The number of amides is 2. The third kappa shape index (κ3) is 4.67. The molecule has 0 saturated carbocycles. The normalized spacial score (nSPS) is 20.6. The molecule has 2 aromatic rings. The Morgan fingerprint density at radius 1 is 1.18 bits per heavy atom. The average Bonchev–Trinajstić information content (AvgIpc) is 3.05. The monoisotopic (exact) mass is 480 g/mol. The van der Waals surface area contributed by atoms with Crippen molar-refractivity contribution in [3.8, 4) is 11.5 Å². The second kappa shape index (κ2) is 9.37. The van der Waals surface area contributed by atoms with Crippen molar-refractivity contribution in [1.82, 2.24) is 4.90 Å². The zero-order valence-electron chi connectivity index (χ0n) is 20.7. The largest absolute Gasteiger partial charge is 0.496 e. The predicted molar refractivity (Wildman–Crippen MR) is 138 cm³/mol. The molecule has 2 heterocycles. The molecule has 4 rings (SSSR count). The minimum absolute atomic E-state index is 0.0439. The summed E-state index contributed by atoms with van der Waals surface area (Å²) in [4.78, 5) is 29.5. The molecule has 0 N–H and O–H groups in total. The molecule has 0 radical (unpaired) electrons. The van der Waals surface area contributed by atoms with Crippen LogP contribution in [-0.4, -0.2) is 48.9 Å². The molecular formula is C27H32N2O4S. The Balaban J connectivity index is 1.53. The lowest BCUT2D eigenvalue weighted by Crippen LogP contribution is -2.45. The molecule has 2 aromatic carbocycles. The van der Waals surface area contributed by atoms with Crippen molar-refractivity contribution in [2.75, 3.05) is 32.2 Å².